The number of hydrogen-bond donors (Lipinski definition) is 2. The maximum absolute atomic E-state index is 5.92. The van der Waals surface area contributed by atoms with Gasteiger partial charge in [0.25, 0.3) is 0 Å². The first-order chi connectivity index (χ1) is 7.33. The van der Waals surface area contributed by atoms with E-state index in [0.29, 0.717) is 12.0 Å². The van der Waals surface area contributed by atoms with Crippen LogP contribution in [0.15, 0.2) is 24.3 Å². The van der Waals surface area contributed by atoms with Crippen LogP contribution in [0.1, 0.15) is 31.0 Å². The van der Waals surface area contributed by atoms with E-state index in [2.05, 4.69) is 16.0 Å². The van der Waals surface area contributed by atoms with Crippen LogP contribution in [0.2, 0.25) is 0 Å². The molecule has 0 radical (unpaired) electrons. The van der Waals surface area contributed by atoms with E-state index in [0.717, 1.165) is 29.7 Å². The topological polar surface area (TPSA) is 54.7 Å². The van der Waals surface area contributed by atoms with E-state index in [9.17, 15) is 0 Å². The van der Waals surface area contributed by atoms with Crippen molar-refractivity contribution < 1.29 is 0 Å². The van der Waals surface area contributed by atoms with Crippen LogP contribution >= 0.6 is 0 Å². The van der Waals surface area contributed by atoms with Gasteiger partial charge in [0.15, 0.2) is 0 Å². The molecule has 0 amide bonds. The Kier molecular flexibility index (Phi) is 1.99. The summed E-state index contributed by atoms with van der Waals surface area (Å²) in [5.74, 6) is 1.65. The normalized spacial score (nSPS) is 26.2. The van der Waals surface area contributed by atoms with Crippen LogP contribution in [0.25, 0.3) is 11.0 Å². The lowest BCUT2D eigenvalue weighted by molar-refractivity contribution is 0.651. The number of benzene rings is 1. The van der Waals surface area contributed by atoms with Crippen molar-refractivity contribution >= 4 is 11.0 Å². The zero-order valence-corrected chi connectivity index (χ0v) is 8.61. The second-order valence-corrected chi connectivity index (χ2v) is 4.41. The van der Waals surface area contributed by atoms with Crippen LogP contribution < -0.4 is 5.73 Å². The highest BCUT2D eigenvalue weighted by atomic mass is 14.9. The van der Waals surface area contributed by atoms with Crippen molar-refractivity contribution in [1.82, 2.24) is 9.97 Å². The predicted octanol–water partition coefficient (Wildman–Crippen LogP) is 2.16. The zero-order chi connectivity index (χ0) is 10.3. The summed E-state index contributed by atoms with van der Waals surface area (Å²) in [7, 11) is 0. The number of fused-ring (bicyclic) bond motifs is 1. The van der Waals surface area contributed by atoms with Crippen LogP contribution in [-0.2, 0) is 0 Å². The number of imidazole rings is 1. The highest BCUT2D eigenvalue weighted by Gasteiger charge is 2.25. The summed E-state index contributed by atoms with van der Waals surface area (Å²) in [6.45, 7) is 0. The fraction of sp³-hybridized carbons (Fsp3) is 0.417. The summed E-state index contributed by atoms with van der Waals surface area (Å²) in [4.78, 5) is 8.01. The molecule has 3 heteroatoms. The largest absolute Gasteiger partial charge is 0.342 e. The lowest BCUT2D eigenvalue weighted by Crippen LogP contribution is -2.14. The summed E-state index contributed by atoms with van der Waals surface area (Å²) in [5.41, 5.74) is 8.11. The summed E-state index contributed by atoms with van der Waals surface area (Å²) >= 11 is 0. The van der Waals surface area contributed by atoms with Crippen LogP contribution in [0.4, 0.5) is 0 Å². The van der Waals surface area contributed by atoms with Gasteiger partial charge in [-0.2, -0.15) is 0 Å². The van der Waals surface area contributed by atoms with Gasteiger partial charge in [0.05, 0.1) is 11.0 Å². The van der Waals surface area contributed by atoms with Crippen LogP contribution in [0.5, 0.6) is 0 Å². The summed E-state index contributed by atoms with van der Waals surface area (Å²) in [5, 5.41) is 0. The first-order valence-electron chi connectivity index (χ1n) is 5.53. The number of aromatic nitrogens is 2. The molecule has 1 heterocycles. The van der Waals surface area contributed by atoms with Crippen molar-refractivity contribution in [3.63, 3.8) is 0 Å². The Labute approximate surface area is 88.7 Å². The number of para-hydroxylation sites is 2. The first-order valence-corrected chi connectivity index (χ1v) is 5.53. The van der Waals surface area contributed by atoms with Crippen molar-refractivity contribution in [3.8, 4) is 0 Å². The van der Waals surface area contributed by atoms with Gasteiger partial charge in [-0.15, -0.1) is 0 Å². The minimum absolute atomic E-state index is 0.364. The Morgan fingerprint density at radius 1 is 1.27 bits per heavy atom. The molecule has 0 saturated heterocycles. The van der Waals surface area contributed by atoms with E-state index < -0.39 is 0 Å². The Balaban J connectivity index is 1.98. The molecule has 2 aromatic rings. The fourth-order valence-electron chi connectivity index (χ4n) is 2.43. The summed E-state index contributed by atoms with van der Waals surface area (Å²) < 4.78 is 0. The molecule has 2 atom stereocenters. The summed E-state index contributed by atoms with van der Waals surface area (Å²) in [6, 6.07) is 8.53. The van der Waals surface area contributed by atoms with E-state index in [1.807, 2.05) is 18.2 Å². The lowest BCUT2D eigenvalue weighted by atomic mass is 10.1. The van der Waals surface area contributed by atoms with E-state index in [1.54, 1.807) is 0 Å². The van der Waals surface area contributed by atoms with Crippen molar-refractivity contribution in [2.45, 2.75) is 31.2 Å². The van der Waals surface area contributed by atoms with E-state index in [1.165, 1.54) is 6.42 Å². The maximum Gasteiger partial charge on any atom is 0.110 e. The smallest absolute Gasteiger partial charge is 0.110 e. The van der Waals surface area contributed by atoms with Gasteiger partial charge in [0.1, 0.15) is 5.82 Å². The van der Waals surface area contributed by atoms with Crippen LogP contribution in [-0.4, -0.2) is 16.0 Å². The third-order valence-electron chi connectivity index (χ3n) is 3.27. The molecule has 3 N–H and O–H groups in total. The number of nitrogens with two attached hydrogens (primary N) is 1. The van der Waals surface area contributed by atoms with Gasteiger partial charge in [-0.1, -0.05) is 12.1 Å². The molecule has 0 unspecified atom stereocenters. The molecule has 1 aromatic carbocycles. The van der Waals surface area contributed by atoms with Gasteiger partial charge in [0, 0.05) is 12.0 Å². The average molecular weight is 201 g/mol. The zero-order valence-electron chi connectivity index (χ0n) is 8.61. The minimum atomic E-state index is 0.364. The third kappa shape index (κ3) is 1.53. The predicted molar refractivity (Wildman–Crippen MR) is 60.7 cm³/mol. The molecule has 1 saturated carbocycles. The van der Waals surface area contributed by atoms with Gasteiger partial charge < -0.3 is 10.7 Å². The SMILES string of the molecule is N[C@H]1CC[C@@H](c2nc3ccccc3[nH]2)C1. The van der Waals surface area contributed by atoms with Crippen molar-refractivity contribution in [2.75, 3.05) is 0 Å². The lowest BCUT2D eigenvalue weighted by Gasteiger charge is -2.04. The van der Waals surface area contributed by atoms with E-state index in [-0.39, 0.29) is 0 Å². The molecule has 0 bridgehead atoms. The summed E-state index contributed by atoms with van der Waals surface area (Å²) in [6.07, 6.45) is 3.36. The van der Waals surface area contributed by atoms with Crippen molar-refractivity contribution in [1.29, 1.82) is 0 Å². The number of nitrogens with one attached hydrogen (secondary N) is 1. The van der Waals surface area contributed by atoms with Gasteiger partial charge in [-0.3, -0.25) is 0 Å². The molecule has 1 aromatic heterocycles. The first kappa shape index (κ1) is 8.92. The van der Waals surface area contributed by atoms with E-state index >= 15 is 0 Å². The molecule has 3 nitrogen and oxygen atoms in total. The highest BCUT2D eigenvalue weighted by Crippen LogP contribution is 2.32. The Morgan fingerprint density at radius 2 is 2.13 bits per heavy atom. The molecule has 3 rings (SSSR count). The molecular weight excluding hydrogens is 186 g/mol. The standard InChI is InChI=1S/C12H15N3/c13-9-6-5-8(7-9)12-14-10-3-1-2-4-11(10)15-12/h1-4,8-9H,5-7,13H2,(H,14,15)/t8-,9+/m1/s1. The Morgan fingerprint density at radius 3 is 2.87 bits per heavy atom. The fourth-order valence-corrected chi connectivity index (χ4v) is 2.43. The molecule has 0 aliphatic heterocycles. The van der Waals surface area contributed by atoms with E-state index in [4.69, 9.17) is 5.73 Å². The molecule has 1 aliphatic rings. The molecule has 1 fully saturated rings. The molecule has 15 heavy (non-hydrogen) atoms. The number of rotatable bonds is 1. The van der Waals surface area contributed by atoms with Crippen molar-refractivity contribution in [2.24, 2.45) is 5.73 Å². The molecular formula is C12H15N3. The minimum Gasteiger partial charge on any atom is -0.342 e. The highest BCUT2D eigenvalue weighted by molar-refractivity contribution is 5.74. The second-order valence-electron chi connectivity index (χ2n) is 4.41. The van der Waals surface area contributed by atoms with Crippen molar-refractivity contribution in [3.05, 3.63) is 30.1 Å². The maximum atomic E-state index is 5.92. The quantitative estimate of drug-likeness (QED) is 0.742. The van der Waals surface area contributed by atoms with Gasteiger partial charge in [0.2, 0.25) is 0 Å². The van der Waals surface area contributed by atoms with Gasteiger partial charge in [-0.05, 0) is 31.4 Å². The average Bonchev–Trinajstić information content (AvgIpc) is 2.82. The third-order valence-corrected chi connectivity index (χ3v) is 3.27. The number of H-pyrrole nitrogens is 1. The molecule has 78 valence electrons. The van der Waals surface area contributed by atoms with Crippen LogP contribution in [0.3, 0.4) is 0 Å². The monoisotopic (exact) mass is 201 g/mol. The number of aromatic amines is 1. The number of nitrogens with zero attached hydrogens (tertiary/aromatic N) is 1. The Hall–Kier alpha value is -1.35. The van der Waals surface area contributed by atoms with Crippen LogP contribution in [0, 0.1) is 0 Å². The molecule has 1 aliphatic carbocycles. The van der Waals surface area contributed by atoms with Gasteiger partial charge >= 0.3 is 0 Å². The molecule has 0 spiro atoms. The number of hydrogen-bond acceptors (Lipinski definition) is 2. The van der Waals surface area contributed by atoms with Gasteiger partial charge in [-0.25, -0.2) is 4.98 Å². The second kappa shape index (κ2) is 3.35. The Bertz CT molecular complexity index is 441.